The SMILES string of the molecule is CC[C@H](C)[C@H](NC(=O)[C@@H](NC(=O)CNC(=O)[C@@H](N)CC(C)C)[C@@H](C)O)C(=O)N1CCC[C@H]1C(=O)NCC(=O)O. The molecule has 8 N–H and O–H groups in total. The quantitative estimate of drug-likeness (QED) is 0.119. The van der Waals surface area contributed by atoms with Gasteiger partial charge >= 0.3 is 5.97 Å². The molecular formula is C25H44N6O8. The summed E-state index contributed by atoms with van der Waals surface area (Å²) < 4.78 is 0. The van der Waals surface area contributed by atoms with Crippen LogP contribution < -0.4 is 27.0 Å². The molecule has 39 heavy (non-hydrogen) atoms. The highest BCUT2D eigenvalue weighted by molar-refractivity contribution is 5.96. The Labute approximate surface area is 228 Å². The Morgan fingerprint density at radius 2 is 1.59 bits per heavy atom. The number of carbonyl (C=O) groups is 6. The Bertz CT molecular complexity index is 896. The second kappa shape index (κ2) is 16.0. The van der Waals surface area contributed by atoms with Crippen LogP contribution in [0.2, 0.25) is 0 Å². The monoisotopic (exact) mass is 556 g/mol. The average molecular weight is 557 g/mol. The van der Waals surface area contributed by atoms with E-state index in [-0.39, 0.29) is 18.4 Å². The third-order valence-electron chi connectivity index (χ3n) is 6.60. The number of amides is 5. The smallest absolute Gasteiger partial charge is 0.322 e. The summed E-state index contributed by atoms with van der Waals surface area (Å²) in [6.45, 7) is 7.87. The minimum absolute atomic E-state index is 0.180. The number of likely N-dealkylation sites (tertiary alicyclic amines) is 1. The third-order valence-corrected chi connectivity index (χ3v) is 6.60. The summed E-state index contributed by atoms with van der Waals surface area (Å²) in [5, 5.41) is 28.7. The van der Waals surface area contributed by atoms with Gasteiger partial charge in [0, 0.05) is 6.54 Å². The number of rotatable bonds is 15. The highest BCUT2D eigenvalue weighted by atomic mass is 16.4. The first-order valence-electron chi connectivity index (χ1n) is 13.3. The van der Waals surface area contributed by atoms with E-state index in [4.69, 9.17) is 10.8 Å². The van der Waals surface area contributed by atoms with Gasteiger partial charge in [0.05, 0.1) is 18.7 Å². The molecule has 1 saturated heterocycles. The second-order valence-electron chi connectivity index (χ2n) is 10.4. The van der Waals surface area contributed by atoms with Crippen LogP contribution in [0.4, 0.5) is 0 Å². The number of nitrogens with one attached hydrogen (secondary N) is 4. The predicted octanol–water partition coefficient (Wildman–Crippen LogP) is -1.94. The largest absolute Gasteiger partial charge is 0.480 e. The lowest BCUT2D eigenvalue weighted by Gasteiger charge is -2.32. The summed E-state index contributed by atoms with van der Waals surface area (Å²) in [4.78, 5) is 75.8. The molecule has 1 rings (SSSR count). The number of nitrogens with two attached hydrogens (primary N) is 1. The molecule has 1 aliphatic heterocycles. The first kappa shape index (κ1) is 33.8. The van der Waals surface area contributed by atoms with Gasteiger partial charge in [0.25, 0.3) is 0 Å². The summed E-state index contributed by atoms with van der Waals surface area (Å²) in [6, 6.07) is -4.16. The van der Waals surface area contributed by atoms with Crippen LogP contribution in [0.5, 0.6) is 0 Å². The molecule has 222 valence electrons. The molecule has 1 aliphatic rings. The fourth-order valence-electron chi connectivity index (χ4n) is 4.23. The van der Waals surface area contributed by atoms with Crippen molar-refractivity contribution < 1.29 is 39.0 Å². The van der Waals surface area contributed by atoms with Crippen molar-refractivity contribution >= 4 is 35.5 Å². The van der Waals surface area contributed by atoms with Crippen LogP contribution in [0.3, 0.4) is 0 Å². The predicted molar refractivity (Wildman–Crippen MR) is 141 cm³/mol. The zero-order valence-corrected chi connectivity index (χ0v) is 23.4. The molecule has 1 heterocycles. The van der Waals surface area contributed by atoms with Gasteiger partial charge in [-0.1, -0.05) is 34.1 Å². The van der Waals surface area contributed by atoms with Crippen molar-refractivity contribution in [3.05, 3.63) is 0 Å². The highest BCUT2D eigenvalue weighted by Crippen LogP contribution is 2.21. The molecule has 14 nitrogen and oxygen atoms in total. The van der Waals surface area contributed by atoms with Crippen molar-refractivity contribution in [3.63, 3.8) is 0 Å². The average Bonchev–Trinajstić information content (AvgIpc) is 3.36. The Kier molecular flexibility index (Phi) is 13.8. The topological polar surface area (TPSA) is 220 Å². The zero-order valence-electron chi connectivity index (χ0n) is 23.4. The van der Waals surface area contributed by atoms with Crippen molar-refractivity contribution in [1.82, 2.24) is 26.2 Å². The van der Waals surface area contributed by atoms with Crippen LogP contribution in [-0.4, -0.2) is 101 Å². The number of carboxylic acid groups (broad SMARTS) is 1. The number of hydrogen-bond donors (Lipinski definition) is 7. The van der Waals surface area contributed by atoms with Crippen molar-refractivity contribution in [1.29, 1.82) is 0 Å². The molecule has 0 aromatic heterocycles. The van der Waals surface area contributed by atoms with Crippen LogP contribution in [0.25, 0.3) is 0 Å². The molecule has 0 unspecified atom stereocenters. The van der Waals surface area contributed by atoms with E-state index in [2.05, 4.69) is 21.3 Å². The van der Waals surface area contributed by atoms with Crippen molar-refractivity contribution in [2.24, 2.45) is 17.6 Å². The first-order valence-corrected chi connectivity index (χ1v) is 13.3. The van der Waals surface area contributed by atoms with Crippen LogP contribution in [0.1, 0.15) is 60.3 Å². The minimum Gasteiger partial charge on any atom is -0.480 e. The lowest BCUT2D eigenvalue weighted by molar-refractivity contribution is -0.144. The standard InChI is InChI=1S/C25H44N6O8/c1-6-14(4)20(25(39)31-9-7-8-17(31)23(37)28-12-19(34)35)30-24(38)21(15(5)32)29-18(33)11-27-22(36)16(26)10-13(2)3/h13-17,20-21,32H,6-12,26H2,1-5H3,(H,27,36)(H,28,37)(H,29,33)(H,30,38)(H,34,35)/t14-,15+,16-,17-,20-,21-/m0/s1. The molecule has 0 saturated carbocycles. The van der Waals surface area contributed by atoms with E-state index in [0.717, 1.165) is 0 Å². The maximum atomic E-state index is 13.5. The van der Waals surface area contributed by atoms with E-state index >= 15 is 0 Å². The summed E-state index contributed by atoms with van der Waals surface area (Å²) in [7, 11) is 0. The van der Waals surface area contributed by atoms with E-state index in [1.165, 1.54) is 11.8 Å². The molecule has 0 aromatic carbocycles. The van der Waals surface area contributed by atoms with E-state index < -0.39 is 78.9 Å². The molecule has 14 heteroatoms. The molecular weight excluding hydrogens is 512 g/mol. The number of nitrogens with zero attached hydrogens (tertiary/aromatic N) is 1. The fourth-order valence-corrected chi connectivity index (χ4v) is 4.23. The number of carbonyl (C=O) groups excluding carboxylic acids is 5. The van der Waals surface area contributed by atoms with Crippen molar-refractivity contribution in [2.45, 2.75) is 90.6 Å². The fraction of sp³-hybridized carbons (Fsp3) is 0.760. The number of aliphatic hydroxyl groups is 1. The Hall–Kier alpha value is -3.26. The van der Waals surface area contributed by atoms with Gasteiger partial charge in [-0.2, -0.15) is 0 Å². The Morgan fingerprint density at radius 1 is 0.949 bits per heavy atom. The molecule has 0 aromatic rings. The summed E-state index contributed by atoms with van der Waals surface area (Å²) >= 11 is 0. The van der Waals surface area contributed by atoms with Crippen LogP contribution >= 0.6 is 0 Å². The molecule has 0 spiro atoms. The van der Waals surface area contributed by atoms with Crippen molar-refractivity contribution in [2.75, 3.05) is 19.6 Å². The molecule has 0 radical (unpaired) electrons. The molecule has 6 atom stereocenters. The number of aliphatic hydroxyl groups excluding tert-OH is 1. The van der Waals surface area contributed by atoms with E-state index in [0.29, 0.717) is 25.7 Å². The summed E-state index contributed by atoms with van der Waals surface area (Å²) in [5.74, 6) is -4.58. The van der Waals surface area contributed by atoms with Crippen LogP contribution in [0.15, 0.2) is 0 Å². The van der Waals surface area contributed by atoms with Gasteiger partial charge < -0.3 is 42.1 Å². The van der Waals surface area contributed by atoms with E-state index in [9.17, 15) is 33.9 Å². The van der Waals surface area contributed by atoms with Gasteiger partial charge in [0.15, 0.2) is 0 Å². The number of hydrogen-bond acceptors (Lipinski definition) is 8. The maximum Gasteiger partial charge on any atom is 0.322 e. The number of aliphatic carboxylic acids is 1. The minimum atomic E-state index is -1.42. The summed E-state index contributed by atoms with van der Waals surface area (Å²) in [6.07, 6.45) is 0.459. The van der Waals surface area contributed by atoms with Crippen LogP contribution in [0, 0.1) is 11.8 Å². The van der Waals surface area contributed by atoms with E-state index in [1.807, 2.05) is 20.8 Å². The van der Waals surface area contributed by atoms with Gasteiger partial charge in [0.1, 0.15) is 24.7 Å². The lowest BCUT2D eigenvalue weighted by Crippen LogP contribution is -2.60. The van der Waals surface area contributed by atoms with Gasteiger partial charge in [-0.3, -0.25) is 28.8 Å². The second-order valence-corrected chi connectivity index (χ2v) is 10.4. The third kappa shape index (κ3) is 10.8. The zero-order chi connectivity index (χ0) is 29.9. The Morgan fingerprint density at radius 3 is 2.13 bits per heavy atom. The maximum absolute atomic E-state index is 13.5. The molecule has 0 bridgehead atoms. The van der Waals surface area contributed by atoms with E-state index in [1.54, 1.807) is 6.92 Å². The Balaban J connectivity index is 2.91. The van der Waals surface area contributed by atoms with Crippen molar-refractivity contribution in [3.8, 4) is 0 Å². The molecule has 5 amide bonds. The number of carboxylic acids is 1. The molecule has 0 aliphatic carbocycles. The first-order chi connectivity index (χ1) is 18.2. The normalized spacial score (nSPS) is 18.9. The highest BCUT2D eigenvalue weighted by Gasteiger charge is 2.40. The van der Waals surface area contributed by atoms with Crippen LogP contribution in [-0.2, 0) is 28.8 Å². The molecule has 1 fully saturated rings. The van der Waals surface area contributed by atoms with Gasteiger partial charge in [-0.25, -0.2) is 0 Å². The van der Waals surface area contributed by atoms with Gasteiger partial charge in [-0.05, 0) is 38.0 Å². The van der Waals surface area contributed by atoms with Gasteiger partial charge in [-0.15, -0.1) is 0 Å². The van der Waals surface area contributed by atoms with Gasteiger partial charge in [0.2, 0.25) is 29.5 Å². The summed E-state index contributed by atoms with van der Waals surface area (Å²) in [5.41, 5.74) is 5.80. The lowest BCUT2D eigenvalue weighted by atomic mass is 9.96.